The first-order valence-electron chi connectivity index (χ1n) is 17.5. The Morgan fingerprint density at radius 3 is 1.71 bits per heavy atom. The van der Waals surface area contributed by atoms with Gasteiger partial charge >= 0.3 is 0 Å². The van der Waals surface area contributed by atoms with Crippen molar-refractivity contribution < 1.29 is 4.42 Å². The maximum Gasteiger partial charge on any atom is 0.159 e. The van der Waals surface area contributed by atoms with Gasteiger partial charge in [-0.25, -0.2) is 0 Å². The predicted molar refractivity (Wildman–Crippen MR) is 228 cm³/mol. The van der Waals surface area contributed by atoms with Crippen LogP contribution in [0.2, 0.25) is 0 Å². The molecule has 0 fully saturated rings. The van der Waals surface area contributed by atoms with Crippen molar-refractivity contribution in [2.24, 2.45) is 0 Å². The van der Waals surface area contributed by atoms with E-state index in [9.17, 15) is 0 Å². The number of para-hydroxylation sites is 4. The topological polar surface area (TPSA) is 23.0 Å². The first-order chi connectivity index (χ1) is 25.7. The second kappa shape index (κ2) is 14.2. The molecule has 0 amide bonds. The van der Waals surface area contributed by atoms with Crippen molar-refractivity contribution in [2.45, 2.75) is 6.92 Å². The van der Waals surface area contributed by atoms with Crippen LogP contribution in [0.4, 0.5) is 0 Å². The fourth-order valence-corrected chi connectivity index (χ4v) is 7.47. The fraction of sp³-hybridized carbons (Fsp3) is 0.0417. The summed E-state index contributed by atoms with van der Waals surface area (Å²) in [6.07, 6.45) is 7.27. The summed E-state index contributed by atoms with van der Waals surface area (Å²) in [4.78, 5) is 0. The first-order valence-corrected chi connectivity index (χ1v) is 18.4. The summed E-state index contributed by atoms with van der Waals surface area (Å²) in [6, 6.07) is 56.4. The Bertz CT molecular complexity index is 2850. The molecule has 0 spiro atoms. The Morgan fingerprint density at radius 2 is 1.08 bits per heavy atom. The van der Waals surface area contributed by atoms with Gasteiger partial charge in [-0.05, 0) is 78.9 Å². The number of thiol groups is 1. The summed E-state index contributed by atoms with van der Waals surface area (Å²) in [5, 5.41) is 7.19. The van der Waals surface area contributed by atoms with Gasteiger partial charge in [0.05, 0.1) is 27.8 Å². The second-order valence-electron chi connectivity index (χ2n) is 12.5. The van der Waals surface area contributed by atoms with E-state index in [1.165, 1.54) is 54.7 Å². The Hall–Kier alpha value is -6.23. The third kappa shape index (κ3) is 5.49. The van der Waals surface area contributed by atoms with Crippen LogP contribution in [-0.2, 0) is 0 Å². The molecule has 0 aliphatic rings. The molecule has 52 heavy (non-hydrogen) atoms. The van der Waals surface area contributed by atoms with Crippen molar-refractivity contribution in [2.75, 3.05) is 6.26 Å². The van der Waals surface area contributed by atoms with E-state index in [0.717, 1.165) is 33.3 Å². The summed E-state index contributed by atoms with van der Waals surface area (Å²) in [6.45, 7) is 5.42. The van der Waals surface area contributed by atoms with E-state index < -0.39 is 0 Å². The molecule has 4 heteroatoms. The van der Waals surface area contributed by atoms with Gasteiger partial charge in [0, 0.05) is 38.0 Å². The van der Waals surface area contributed by atoms with Crippen LogP contribution < -0.4 is 0 Å². The van der Waals surface area contributed by atoms with E-state index in [2.05, 4.69) is 186 Å². The zero-order chi connectivity index (χ0) is 35.6. The molecular formula is C48H38N2OS. The minimum Gasteiger partial charge on any atom is -0.454 e. The summed E-state index contributed by atoms with van der Waals surface area (Å²) in [5.41, 5.74) is 11.1. The lowest BCUT2D eigenvalue weighted by atomic mass is 10.0. The molecule has 0 bridgehead atoms. The number of furan rings is 1. The van der Waals surface area contributed by atoms with Crippen molar-refractivity contribution in [1.29, 1.82) is 0 Å². The number of hydrogen-bond donors (Lipinski definition) is 1. The zero-order valence-corrected chi connectivity index (χ0v) is 30.1. The van der Waals surface area contributed by atoms with Gasteiger partial charge in [-0.2, -0.15) is 12.6 Å². The largest absolute Gasteiger partial charge is 0.454 e. The van der Waals surface area contributed by atoms with Crippen LogP contribution in [0.15, 0.2) is 187 Å². The third-order valence-electron chi connectivity index (χ3n) is 9.65. The van der Waals surface area contributed by atoms with E-state index in [4.69, 9.17) is 4.42 Å². The van der Waals surface area contributed by atoms with Gasteiger partial charge < -0.3 is 13.6 Å². The van der Waals surface area contributed by atoms with Crippen LogP contribution in [0, 0.1) is 0 Å². The Labute approximate surface area is 308 Å². The van der Waals surface area contributed by atoms with E-state index >= 15 is 0 Å². The van der Waals surface area contributed by atoms with Gasteiger partial charge in [0.25, 0.3) is 0 Å². The van der Waals surface area contributed by atoms with E-state index in [0.29, 0.717) is 0 Å². The molecule has 3 heterocycles. The fourth-order valence-electron chi connectivity index (χ4n) is 7.47. The molecule has 252 valence electrons. The maximum atomic E-state index is 6.69. The standard InChI is InChI=1S/C42H26N2O.C5H8.CH4S/c1-2-11-27(12-3-1)28-21-23-39-34(25-28)32-15-6-7-17-36(32)43(39)29-22-24-41-35(26-29)33-16-10-20-40(42(33)45-41)44-37-18-8-4-13-30(37)31-14-5-9-19-38(31)44;1-3-5-4-2;1-2/h1-26H;3-5H,1H2,2H3;2H,1H3/b;5-4-;. The molecule has 0 aliphatic heterocycles. The van der Waals surface area contributed by atoms with Gasteiger partial charge in [0.15, 0.2) is 5.58 Å². The summed E-state index contributed by atoms with van der Waals surface area (Å²) < 4.78 is 11.4. The molecular weight excluding hydrogens is 653 g/mol. The highest BCUT2D eigenvalue weighted by molar-refractivity contribution is 7.79. The highest BCUT2D eigenvalue weighted by Crippen LogP contribution is 2.40. The normalized spacial score (nSPS) is 11.4. The average Bonchev–Trinajstić information content (AvgIpc) is 3.87. The number of hydrogen-bond acceptors (Lipinski definition) is 2. The number of benzene rings is 7. The molecule has 0 unspecified atom stereocenters. The number of rotatable bonds is 4. The van der Waals surface area contributed by atoms with Gasteiger partial charge in [-0.3, -0.25) is 0 Å². The number of aromatic nitrogens is 2. The van der Waals surface area contributed by atoms with Crippen molar-refractivity contribution in [1.82, 2.24) is 9.13 Å². The molecule has 0 N–H and O–H groups in total. The van der Waals surface area contributed by atoms with E-state index in [-0.39, 0.29) is 0 Å². The molecule has 10 aromatic rings. The van der Waals surface area contributed by atoms with Crippen molar-refractivity contribution in [3.05, 3.63) is 183 Å². The Kier molecular flexibility index (Phi) is 8.98. The minimum atomic E-state index is 0.883. The second-order valence-corrected chi connectivity index (χ2v) is 12.5. The van der Waals surface area contributed by atoms with Crippen LogP contribution in [0.25, 0.3) is 88.1 Å². The van der Waals surface area contributed by atoms with Gasteiger partial charge in [-0.15, -0.1) is 0 Å². The predicted octanol–water partition coefficient (Wildman–Crippen LogP) is 13.7. The third-order valence-corrected chi connectivity index (χ3v) is 9.65. The lowest BCUT2D eigenvalue weighted by Crippen LogP contribution is -1.94. The number of nitrogens with zero attached hydrogens (tertiary/aromatic N) is 2. The number of fused-ring (bicyclic) bond motifs is 9. The molecule has 10 rings (SSSR count). The molecule has 3 aromatic heterocycles. The van der Waals surface area contributed by atoms with E-state index in [1.807, 2.05) is 19.1 Å². The zero-order valence-electron chi connectivity index (χ0n) is 29.2. The van der Waals surface area contributed by atoms with Crippen molar-refractivity contribution in [3.8, 4) is 22.5 Å². The molecule has 3 nitrogen and oxygen atoms in total. The lowest BCUT2D eigenvalue weighted by molar-refractivity contribution is 0.666. The molecule has 0 aliphatic carbocycles. The average molecular weight is 691 g/mol. The van der Waals surface area contributed by atoms with Gasteiger partial charge in [-0.1, -0.05) is 128 Å². The molecule has 7 aromatic carbocycles. The Balaban J connectivity index is 0.000000513. The molecule has 0 atom stereocenters. The highest BCUT2D eigenvalue weighted by Gasteiger charge is 2.19. The van der Waals surface area contributed by atoms with Crippen LogP contribution in [0.5, 0.6) is 0 Å². The number of allylic oxidation sites excluding steroid dienone is 3. The molecule has 0 radical (unpaired) electrons. The van der Waals surface area contributed by atoms with Gasteiger partial charge in [0.1, 0.15) is 5.58 Å². The van der Waals surface area contributed by atoms with Gasteiger partial charge in [0.2, 0.25) is 0 Å². The smallest absolute Gasteiger partial charge is 0.159 e. The maximum absolute atomic E-state index is 6.69. The quantitative estimate of drug-likeness (QED) is 0.144. The van der Waals surface area contributed by atoms with Crippen LogP contribution >= 0.6 is 12.6 Å². The monoisotopic (exact) mass is 690 g/mol. The SMILES string of the molecule is C=C/C=C\C.CS.c1ccc(-c2ccc3c(c2)c2ccccc2n3-c2ccc3oc4c(-n5c6ccccc6c6ccccc65)cccc4c3c2)cc1. The minimum absolute atomic E-state index is 0.883. The van der Waals surface area contributed by atoms with Crippen molar-refractivity contribution >= 4 is 78.2 Å². The van der Waals surface area contributed by atoms with Crippen LogP contribution in [0.1, 0.15) is 6.92 Å². The summed E-state index contributed by atoms with van der Waals surface area (Å²) >= 11 is 3.53. The van der Waals surface area contributed by atoms with Crippen LogP contribution in [-0.4, -0.2) is 15.4 Å². The first kappa shape index (κ1) is 32.9. The van der Waals surface area contributed by atoms with Crippen LogP contribution in [0.3, 0.4) is 0 Å². The Morgan fingerprint density at radius 1 is 0.500 bits per heavy atom. The van der Waals surface area contributed by atoms with E-state index in [1.54, 1.807) is 12.3 Å². The summed E-state index contributed by atoms with van der Waals surface area (Å²) in [5.74, 6) is 0. The lowest BCUT2D eigenvalue weighted by Gasteiger charge is -2.09. The summed E-state index contributed by atoms with van der Waals surface area (Å²) in [7, 11) is 0. The highest BCUT2D eigenvalue weighted by atomic mass is 32.1. The molecule has 0 saturated carbocycles. The molecule has 0 saturated heterocycles. The van der Waals surface area contributed by atoms with Crippen molar-refractivity contribution in [3.63, 3.8) is 0 Å².